The average molecular weight is 279 g/mol. The van der Waals surface area contributed by atoms with Crippen molar-refractivity contribution in [2.75, 3.05) is 24.5 Å². The van der Waals surface area contributed by atoms with E-state index in [0.717, 1.165) is 44.1 Å². The zero-order valence-electron chi connectivity index (χ0n) is 12.4. The van der Waals surface area contributed by atoms with Crippen LogP contribution in [0.1, 0.15) is 51.5 Å². The number of anilines is 1. The molecule has 3 rings (SSSR count). The molecule has 3 N–H and O–H groups in total. The van der Waals surface area contributed by atoms with Gasteiger partial charge in [-0.25, -0.2) is 0 Å². The second-order valence-electron chi connectivity index (χ2n) is 6.57. The van der Waals surface area contributed by atoms with E-state index < -0.39 is 0 Å². The topological polar surface area (TPSA) is 80.1 Å². The zero-order valence-corrected chi connectivity index (χ0v) is 12.4. The van der Waals surface area contributed by atoms with Gasteiger partial charge >= 0.3 is 0 Å². The van der Waals surface area contributed by atoms with E-state index in [1.807, 2.05) is 0 Å². The summed E-state index contributed by atoms with van der Waals surface area (Å²) < 4.78 is 5.84. The van der Waals surface area contributed by atoms with Gasteiger partial charge in [-0.2, -0.15) is 4.98 Å². The summed E-state index contributed by atoms with van der Waals surface area (Å²) >= 11 is 0. The van der Waals surface area contributed by atoms with Crippen molar-refractivity contribution >= 4 is 5.95 Å². The summed E-state index contributed by atoms with van der Waals surface area (Å²) in [5, 5.41) is 7.43. The number of hydrogen-bond acceptors (Lipinski definition) is 5. The van der Waals surface area contributed by atoms with Crippen LogP contribution in [-0.4, -0.2) is 40.9 Å². The van der Waals surface area contributed by atoms with Crippen molar-refractivity contribution in [1.82, 2.24) is 15.2 Å². The molecule has 3 atom stereocenters. The number of nitrogens with two attached hydrogens (primary N) is 1. The van der Waals surface area contributed by atoms with Gasteiger partial charge in [0.15, 0.2) is 5.82 Å². The van der Waals surface area contributed by atoms with Crippen molar-refractivity contribution in [2.45, 2.75) is 51.7 Å². The molecule has 1 aromatic heterocycles. The van der Waals surface area contributed by atoms with Gasteiger partial charge in [0, 0.05) is 13.1 Å². The average Bonchev–Trinajstić information content (AvgIpc) is 3.07. The van der Waals surface area contributed by atoms with Crippen molar-refractivity contribution in [3.8, 4) is 0 Å². The molecule has 1 aromatic rings. The number of nitrogens with zero attached hydrogens (tertiary/aromatic N) is 3. The lowest BCUT2D eigenvalue weighted by Crippen LogP contribution is -2.46. The first kappa shape index (κ1) is 13.8. The molecule has 2 aliphatic rings. The number of aromatic amines is 1. The number of rotatable bonds is 3. The van der Waals surface area contributed by atoms with Crippen LogP contribution in [0.15, 0.2) is 0 Å². The summed E-state index contributed by atoms with van der Waals surface area (Å²) in [6, 6.07) is 0. The number of aromatic nitrogens is 3. The highest BCUT2D eigenvalue weighted by molar-refractivity contribution is 5.30. The third-order valence-electron chi connectivity index (χ3n) is 4.58. The van der Waals surface area contributed by atoms with Gasteiger partial charge in [0.2, 0.25) is 5.95 Å². The first-order chi connectivity index (χ1) is 9.59. The molecule has 0 aliphatic carbocycles. The second kappa shape index (κ2) is 5.33. The third-order valence-corrected chi connectivity index (χ3v) is 4.58. The van der Waals surface area contributed by atoms with Gasteiger partial charge in [-0.15, -0.1) is 5.10 Å². The quantitative estimate of drug-likeness (QED) is 0.878. The highest BCUT2D eigenvalue weighted by Crippen LogP contribution is 2.33. The lowest BCUT2D eigenvalue weighted by Gasteiger charge is -2.39. The van der Waals surface area contributed by atoms with Gasteiger partial charge in [-0.05, 0) is 44.6 Å². The van der Waals surface area contributed by atoms with Crippen molar-refractivity contribution in [3.05, 3.63) is 5.82 Å². The molecule has 0 amide bonds. The molecule has 3 unspecified atom stereocenters. The maximum Gasteiger partial charge on any atom is 0.244 e. The number of nitrogens with one attached hydrogen (secondary N) is 1. The number of hydrogen-bond donors (Lipinski definition) is 2. The second-order valence-corrected chi connectivity index (χ2v) is 6.57. The smallest absolute Gasteiger partial charge is 0.244 e. The first-order valence-corrected chi connectivity index (χ1v) is 7.62. The van der Waals surface area contributed by atoms with Gasteiger partial charge < -0.3 is 15.4 Å². The summed E-state index contributed by atoms with van der Waals surface area (Å²) in [4.78, 5) is 6.89. The monoisotopic (exact) mass is 279 g/mol. The van der Waals surface area contributed by atoms with E-state index in [1.165, 1.54) is 6.42 Å². The van der Waals surface area contributed by atoms with E-state index in [-0.39, 0.29) is 11.5 Å². The largest absolute Gasteiger partial charge is 0.367 e. The SMILES string of the molecule is CC1CCC(c2nc(N3CCCC(C)(CN)C3)n[nH]2)O1. The summed E-state index contributed by atoms with van der Waals surface area (Å²) in [5.41, 5.74) is 6.08. The van der Waals surface area contributed by atoms with Gasteiger partial charge in [0.05, 0.1) is 6.10 Å². The summed E-state index contributed by atoms with van der Waals surface area (Å²) in [7, 11) is 0. The predicted molar refractivity (Wildman–Crippen MR) is 77.5 cm³/mol. The minimum Gasteiger partial charge on any atom is -0.367 e. The molecular weight excluding hydrogens is 254 g/mol. The van der Waals surface area contributed by atoms with E-state index in [9.17, 15) is 0 Å². The van der Waals surface area contributed by atoms with Crippen LogP contribution in [0.4, 0.5) is 5.95 Å². The van der Waals surface area contributed by atoms with Gasteiger partial charge in [-0.3, -0.25) is 5.10 Å². The Kier molecular flexibility index (Phi) is 3.69. The predicted octanol–water partition coefficient (Wildman–Crippen LogP) is 1.61. The van der Waals surface area contributed by atoms with Crippen LogP contribution >= 0.6 is 0 Å². The van der Waals surface area contributed by atoms with Crippen LogP contribution in [-0.2, 0) is 4.74 Å². The van der Waals surface area contributed by atoms with Crippen LogP contribution in [0.5, 0.6) is 0 Å². The molecule has 20 heavy (non-hydrogen) atoms. The number of piperidine rings is 1. The van der Waals surface area contributed by atoms with Crippen LogP contribution in [0, 0.1) is 5.41 Å². The standard InChI is InChI=1S/C14H25N5O/c1-10-4-5-11(20-10)12-16-13(18-17-12)19-7-3-6-14(2,8-15)9-19/h10-11H,3-9,15H2,1-2H3,(H,16,17,18). The van der Waals surface area contributed by atoms with Crippen LogP contribution in [0.2, 0.25) is 0 Å². The Labute approximate surface area is 120 Å². The molecule has 2 fully saturated rings. The summed E-state index contributed by atoms with van der Waals surface area (Å²) in [6.45, 7) is 7.00. The molecule has 2 saturated heterocycles. The maximum atomic E-state index is 5.90. The Bertz CT molecular complexity index is 462. The van der Waals surface area contributed by atoms with E-state index in [2.05, 4.69) is 33.9 Å². The first-order valence-electron chi connectivity index (χ1n) is 7.62. The fourth-order valence-electron chi connectivity index (χ4n) is 3.21. The molecule has 0 aromatic carbocycles. The zero-order chi connectivity index (χ0) is 14.2. The fourth-order valence-corrected chi connectivity index (χ4v) is 3.21. The molecule has 0 radical (unpaired) electrons. The van der Waals surface area contributed by atoms with Crippen LogP contribution in [0.3, 0.4) is 0 Å². The van der Waals surface area contributed by atoms with Crippen molar-refractivity contribution in [2.24, 2.45) is 11.1 Å². The normalized spacial score (nSPS) is 34.6. The van der Waals surface area contributed by atoms with Crippen molar-refractivity contribution < 1.29 is 4.74 Å². The molecule has 3 heterocycles. The fraction of sp³-hybridized carbons (Fsp3) is 0.857. The summed E-state index contributed by atoms with van der Waals surface area (Å²) in [5.74, 6) is 1.66. The van der Waals surface area contributed by atoms with Crippen LogP contribution < -0.4 is 10.6 Å². The molecule has 6 nitrogen and oxygen atoms in total. The minimum atomic E-state index is 0.0805. The Morgan fingerprint density at radius 1 is 1.50 bits per heavy atom. The van der Waals surface area contributed by atoms with Crippen LogP contribution in [0.25, 0.3) is 0 Å². The summed E-state index contributed by atoms with van der Waals surface area (Å²) in [6.07, 6.45) is 4.85. The van der Waals surface area contributed by atoms with E-state index in [4.69, 9.17) is 10.5 Å². The molecule has 2 aliphatic heterocycles. The van der Waals surface area contributed by atoms with Gasteiger partial charge in [0.25, 0.3) is 0 Å². The number of H-pyrrole nitrogens is 1. The highest BCUT2D eigenvalue weighted by Gasteiger charge is 2.32. The highest BCUT2D eigenvalue weighted by atomic mass is 16.5. The Morgan fingerprint density at radius 3 is 3.05 bits per heavy atom. The lowest BCUT2D eigenvalue weighted by molar-refractivity contribution is 0.0505. The van der Waals surface area contributed by atoms with Gasteiger partial charge in [-0.1, -0.05) is 6.92 Å². The molecule has 6 heteroatoms. The molecule has 112 valence electrons. The van der Waals surface area contributed by atoms with Crippen molar-refractivity contribution in [1.29, 1.82) is 0 Å². The molecular formula is C14H25N5O. The number of ether oxygens (including phenoxy) is 1. The maximum absolute atomic E-state index is 5.90. The minimum absolute atomic E-state index is 0.0805. The van der Waals surface area contributed by atoms with E-state index >= 15 is 0 Å². The Morgan fingerprint density at radius 2 is 2.35 bits per heavy atom. The lowest BCUT2D eigenvalue weighted by atomic mass is 9.82. The molecule has 0 spiro atoms. The van der Waals surface area contributed by atoms with Gasteiger partial charge in [0.1, 0.15) is 6.10 Å². The van der Waals surface area contributed by atoms with Crippen molar-refractivity contribution in [3.63, 3.8) is 0 Å². The van der Waals surface area contributed by atoms with E-state index in [0.29, 0.717) is 12.6 Å². The third kappa shape index (κ3) is 2.67. The molecule has 0 bridgehead atoms. The van der Waals surface area contributed by atoms with E-state index in [1.54, 1.807) is 0 Å². The molecule has 0 saturated carbocycles. The Hall–Kier alpha value is -1.14. The Balaban J connectivity index is 1.70.